The molecule has 26 heavy (non-hydrogen) atoms. The van der Waals surface area contributed by atoms with Crippen LogP contribution in [0, 0.1) is 6.92 Å². The molecule has 0 aliphatic rings. The van der Waals surface area contributed by atoms with Crippen LogP contribution in [0.25, 0.3) is 0 Å². The minimum Gasteiger partial charge on any atom is -0.457 e. The van der Waals surface area contributed by atoms with Gasteiger partial charge in [-0.15, -0.1) is 0 Å². The molecule has 0 aliphatic carbocycles. The highest BCUT2D eigenvalue weighted by Crippen LogP contribution is 2.23. The Balaban J connectivity index is 1.58. The quantitative estimate of drug-likeness (QED) is 0.555. The van der Waals surface area contributed by atoms with Gasteiger partial charge in [0.05, 0.1) is 5.69 Å². The fourth-order valence-electron chi connectivity index (χ4n) is 2.19. The zero-order valence-electron chi connectivity index (χ0n) is 14.0. The number of hydrazine groups is 1. The van der Waals surface area contributed by atoms with Gasteiger partial charge in [0.2, 0.25) is 0 Å². The van der Waals surface area contributed by atoms with E-state index in [9.17, 15) is 4.79 Å². The maximum absolute atomic E-state index is 12.1. The van der Waals surface area contributed by atoms with E-state index in [4.69, 9.17) is 16.3 Å². The minimum absolute atomic E-state index is 0.407. The van der Waals surface area contributed by atoms with Crippen molar-refractivity contribution in [3.63, 3.8) is 0 Å². The van der Waals surface area contributed by atoms with Crippen molar-refractivity contribution >= 4 is 29.0 Å². The van der Waals surface area contributed by atoms with E-state index in [0.29, 0.717) is 27.9 Å². The Labute approximate surface area is 156 Å². The molecule has 3 N–H and O–H groups in total. The number of aromatic nitrogens is 1. The second-order valence-electron chi connectivity index (χ2n) is 5.48. The average Bonchev–Trinajstić information content (AvgIpc) is 2.64. The number of hydrogen-bond donors (Lipinski definition) is 3. The second kappa shape index (κ2) is 8.22. The molecule has 0 atom stereocenters. The normalized spacial score (nSPS) is 10.1. The predicted octanol–water partition coefficient (Wildman–Crippen LogP) is 4.98. The maximum atomic E-state index is 12.1. The van der Waals surface area contributed by atoms with Crippen molar-refractivity contribution in [3.8, 4) is 11.5 Å². The number of carbonyl (C=O) groups is 1. The summed E-state index contributed by atoms with van der Waals surface area (Å²) in [5, 5.41) is 3.30. The van der Waals surface area contributed by atoms with Crippen LogP contribution in [0.3, 0.4) is 0 Å². The lowest BCUT2D eigenvalue weighted by molar-refractivity contribution is 0.254. The number of aryl methyl sites for hydroxylation is 1. The molecule has 0 bridgehead atoms. The first kappa shape index (κ1) is 17.6. The summed E-state index contributed by atoms with van der Waals surface area (Å²) in [5.41, 5.74) is 7.65. The number of carbonyl (C=O) groups excluding carboxylic acids is 1. The van der Waals surface area contributed by atoms with Crippen molar-refractivity contribution < 1.29 is 9.53 Å². The maximum Gasteiger partial charge on any atom is 0.337 e. The number of anilines is 2. The third-order valence-corrected chi connectivity index (χ3v) is 3.72. The molecule has 0 aliphatic heterocycles. The van der Waals surface area contributed by atoms with Gasteiger partial charge < -0.3 is 10.1 Å². The van der Waals surface area contributed by atoms with Crippen LogP contribution in [-0.2, 0) is 0 Å². The molecular weight excluding hydrogens is 352 g/mol. The Morgan fingerprint density at radius 2 is 1.85 bits per heavy atom. The van der Waals surface area contributed by atoms with Gasteiger partial charge in [0, 0.05) is 29.2 Å². The van der Waals surface area contributed by atoms with E-state index in [1.165, 1.54) is 0 Å². The van der Waals surface area contributed by atoms with Crippen LogP contribution in [0.15, 0.2) is 67.0 Å². The van der Waals surface area contributed by atoms with Crippen LogP contribution in [0.1, 0.15) is 5.56 Å². The van der Waals surface area contributed by atoms with Crippen LogP contribution in [0.2, 0.25) is 5.02 Å². The molecule has 1 heterocycles. The van der Waals surface area contributed by atoms with Gasteiger partial charge in [0.15, 0.2) is 0 Å². The summed E-state index contributed by atoms with van der Waals surface area (Å²) in [4.78, 5) is 16.0. The van der Waals surface area contributed by atoms with Gasteiger partial charge in [-0.1, -0.05) is 23.7 Å². The van der Waals surface area contributed by atoms with Crippen molar-refractivity contribution in [2.24, 2.45) is 0 Å². The number of benzene rings is 2. The van der Waals surface area contributed by atoms with Crippen LogP contribution < -0.4 is 20.9 Å². The van der Waals surface area contributed by atoms with E-state index in [-0.39, 0.29) is 0 Å². The molecule has 0 radical (unpaired) electrons. The lowest BCUT2D eigenvalue weighted by atomic mass is 10.2. The third-order valence-electron chi connectivity index (χ3n) is 3.49. The number of halogens is 1. The number of nitrogens with zero attached hydrogens (tertiary/aromatic N) is 1. The summed E-state index contributed by atoms with van der Waals surface area (Å²) in [6.07, 6.45) is 3.31. The third kappa shape index (κ3) is 4.87. The lowest BCUT2D eigenvalue weighted by Crippen LogP contribution is -2.33. The zero-order chi connectivity index (χ0) is 18.4. The SMILES string of the molecule is Cc1ccc(Cl)cc1NC(=O)NNc1cccc(Oc2ccncc2)c1. The highest BCUT2D eigenvalue weighted by molar-refractivity contribution is 6.31. The molecule has 0 saturated carbocycles. The fraction of sp³-hybridized carbons (Fsp3) is 0.0526. The molecule has 2 aromatic carbocycles. The molecule has 0 spiro atoms. The summed E-state index contributed by atoms with van der Waals surface area (Å²) in [7, 11) is 0. The molecule has 1 aromatic heterocycles. The number of hydrogen-bond acceptors (Lipinski definition) is 4. The Bertz CT molecular complexity index is 903. The monoisotopic (exact) mass is 368 g/mol. The molecule has 3 rings (SSSR count). The molecule has 6 nitrogen and oxygen atoms in total. The van der Waals surface area contributed by atoms with E-state index in [2.05, 4.69) is 21.2 Å². The predicted molar refractivity (Wildman–Crippen MR) is 103 cm³/mol. The van der Waals surface area contributed by atoms with E-state index in [1.807, 2.05) is 31.2 Å². The number of rotatable bonds is 5. The second-order valence-corrected chi connectivity index (χ2v) is 5.91. The van der Waals surface area contributed by atoms with E-state index in [0.717, 1.165) is 5.56 Å². The first-order valence-electron chi connectivity index (χ1n) is 7.87. The largest absolute Gasteiger partial charge is 0.457 e. The van der Waals surface area contributed by atoms with Crippen molar-refractivity contribution in [2.75, 3.05) is 10.7 Å². The van der Waals surface area contributed by atoms with Crippen molar-refractivity contribution in [3.05, 3.63) is 77.6 Å². The van der Waals surface area contributed by atoms with Crippen LogP contribution in [0.4, 0.5) is 16.2 Å². The topological polar surface area (TPSA) is 75.3 Å². The zero-order valence-corrected chi connectivity index (χ0v) is 14.7. The first-order chi connectivity index (χ1) is 12.6. The van der Waals surface area contributed by atoms with Gasteiger partial charge in [-0.3, -0.25) is 15.8 Å². The molecule has 7 heteroatoms. The Morgan fingerprint density at radius 3 is 2.65 bits per heavy atom. The van der Waals surface area contributed by atoms with Gasteiger partial charge >= 0.3 is 6.03 Å². The minimum atomic E-state index is -0.407. The number of pyridine rings is 1. The summed E-state index contributed by atoms with van der Waals surface area (Å²) in [6, 6.07) is 15.6. The molecule has 0 saturated heterocycles. The van der Waals surface area contributed by atoms with Gasteiger partial charge in [-0.05, 0) is 48.9 Å². The number of ether oxygens (including phenoxy) is 1. The lowest BCUT2D eigenvalue weighted by Gasteiger charge is -2.13. The van der Waals surface area contributed by atoms with Gasteiger partial charge in [-0.25, -0.2) is 4.79 Å². The number of urea groups is 1. The fourth-order valence-corrected chi connectivity index (χ4v) is 2.36. The molecule has 3 aromatic rings. The van der Waals surface area contributed by atoms with Gasteiger partial charge in [0.25, 0.3) is 0 Å². The molecule has 132 valence electrons. The number of nitrogens with one attached hydrogen (secondary N) is 3. The van der Waals surface area contributed by atoms with Gasteiger partial charge in [-0.2, -0.15) is 0 Å². The highest BCUT2D eigenvalue weighted by Gasteiger charge is 2.05. The van der Waals surface area contributed by atoms with Crippen LogP contribution in [-0.4, -0.2) is 11.0 Å². The molecule has 2 amide bonds. The van der Waals surface area contributed by atoms with Crippen LogP contribution in [0.5, 0.6) is 11.5 Å². The smallest absolute Gasteiger partial charge is 0.337 e. The summed E-state index contributed by atoms with van der Waals surface area (Å²) >= 11 is 5.95. The van der Waals surface area contributed by atoms with E-state index in [1.54, 1.807) is 42.7 Å². The van der Waals surface area contributed by atoms with Crippen molar-refractivity contribution in [1.82, 2.24) is 10.4 Å². The Kier molecular flexibility index (Phi) is 5.56. The van der Waals surface area contributed by atoms with Crippen molar-refractivity contribution in [2.45, 2.75) is 6.92 Å². The van der Waals surface area contributed by atoms with Gasteiger partial charge in [0.1, 0.15) is 11.5 Å². The van der Waals surface area contributed by atoms with Crippen molar-refractivity contribution in [1.29, 1.82) is 0 Å². The Hall–Kier alpha value is -3.25. The molecular formula is C19H17ClN4O2. The number of amides is 2. The molecule has 0 fully saturated rings. The van der Waals surface area contributed by atoms with Crippen LogP contribution >= 0.6 is 11.6 Å². The summed E-state index contributed by atoms with van der Waals surface area (Å²) in [5.74, 6) is 1.31. The first-order valence-corrected chi connectivity index (χ1v) is 8.25. The Morgan fingerprint density at radius 1 is 1.04 bits per heavy atom. The molecule has 0 unspecified atom stereocenters. The highest BCUT2D eigenvalue weighted by atomic mass is 35.5. The summed E-state index contributed by atoms with van der Waals surface area (Å²) in [6.45, 7) is 1.89. The standard InChI is InChI=1S/C19H17ClN4O2/c1-13-5-6-14(20)11-18(13)22-19(25)24-23-15-3-2-4-17(12-15)26-16-7-9-21-10-8-16/h2-12,23H,1H3,(H2,22,24,25). The average molecular weight is 369 g/mol. The van der Waals surface area contributed by atoms with E-state index < -0.39 is 6.03 Å². The van der Waals surface area contributed by atoms with E-state index >= 15 is 0 Å². The summed E-state index contributed by atoms with van der Waals surface area (Å²) < 4.78 is 5.73.